The lowest BCUT2D eigenvalue weighted by Gasteiger charge is -2.22. The van der Waals surface area contributed by atoms with Gasteiger partial charge in [-0.15, -0.1) is 11.3 Å². The van der Waals surface area contributed by atoms with Gasteiger partial charge in [-0.1, -0.05) is 0 Å². The van der Waals surface area contributed by atoms with Crippen molar-refractivity contribution < 1.29 is 0 Å². The molecule has 1 saturated heterocycles. The highest BCUT2D eigenvalue weighted by molar-refractivity contribution is 9.11. The highest BCUT2D eigenvalue weighted by Gasteiger charge is 2.18. The van der Waals surface area contributed by atoms with Gasteiger partial charge in [0.15, 0.2) is 5.82 Å². The van der Waals surface area contributed by atoms with Crippen molar-refractivity contribution in [3.05, 3.63) is 39.1 Å². The molecule has 0 saturated carbocycles. The van der Waals surface area contributed by atoms with Crippen molar-refractivity contribution in [2.24, 2.45) is 0 Å². The van der Waals surface area contributed by atoms with E-state index in [1.165, 1.54) is 21.5 Å². The molecular formula is C15H18BrN3S. The fourth-order valence-electron chi connectivity index (χ4n) is 2.56. The summed E-state index contributed by atoms with van der Waals surface area (Å²) in [4.78, 5) is 8.27. The molecule has 0 spiro atoms. The molecule has 3 rings (SSSR count). The lowest BCUT2D eigenvalue weighted by Crippen LogP contribution is -2.21. The van der Waals surface area contributed by atoms with Crippen molar-refractivity contribution in [1.29, 1.82) is 0 Å². The first-order chi connectivity index (χ1) is 9.74. The Morgan fingerprint density at radius 3 is 2.80 bits per heavy atom. The summed E-state index contributed by atoms with van der Waals surface area (Å²) in [5, 5.41) is 3.60. The average molecular weight is 352 g/mol. The van der Waals surface area contributed by atoms with E-state index in [0.717, 1.165) is 24.6 Å². The van der Waals surface area contributed by atoms with E-state index in [2.05, 4.69) is 56.3 Å². The van der Waals surface area contributed by atoms with Crippen LogP contribution in [0.15, 0.2) is 34.2 Å². The zero-order valence-corrected chi connectivity index (χ0v) is 13.9. The maximum Gasteiger partial charge on any atom is 0.151 e. The summed E-state index contributed by atoms with van der Waals surface area (Å²) in [7, 11) is 0. The Morgan fingerprint density at radius 1 is 1.30 bits per heavy atom. The standard InChI is InChI=1S/C15H18BrN3S/c1-11(13-6-7-14(16)20-13)18-12-5-4-8-17-15(12)19-9-2-3-10-19/h4-8,11,18H,2-3,9-10H2,1H3. The maximum atomic E-state index is 4.57. The highest BCUT2D eigenvalue weighted by Crippen LogP contribution is 2.32. The summed E-state index contributed by atoms with van der Waals surface area (Å²) in [5.41, 5.74) is 1.13. The molecule has 0 bridgehead atoms. The largest absolute Gasteiger partial charge is 0.375 e. The normalized spacial score (nSPS) is 16.4. The Morgan fingerprint density at radius 2 is 2.10 bits per heavy atom. The monoisotopic (exact) mass is 351 g/mol. The lowest BCUT2D eigenvalue weighted by molar-refractivity contribution is 0.888. The molecule has 0 radical (unpaired) electrons. The Labute approximate surface area is 132 Å². The SMILES string of the molecule is CC(Nc1cccnc1N1CCCC1)c1ccc(Br)s1. The van der Waals surface area contributed by atoms with Gasteiger partial charge in [-0.25, -0.2) is 4.98 Å². The van der Waals surface area contributed by atoms with E-state index >= 15 is 0 Å². The zero-order chi connectivity index (χ0) is 13.9. The van der Waals surface area contributed by atoms with Crippen LogP contribution in [0.4, 0.5) is 11.5 Å². The summed E-state index contributed by atoms with van der Waals surface area (Å²) < 4.78 is 1.17. The molecule has 2 aromatic heterocycles. The number of pyridine rings is 1. The van der Waals surface area contributed by atoms with Crippen LogP contribution in [0.2, 0.25) is 0 Å². The van der Waals surface area contributed by atoms with Crippen LogP contribution in [-0.4, -0.2) is 18.1 Å². The van der Waals surface area contributed by atoms with E-state index in [0.29, 0.717) is 0 Å². The summed E-state index contributed by atoms with van der Waals surface area (Å²) >= 11 is 5.30. The molecule has 0 aromatic carbocycles. The van der Waals surface area contributed by atoms with Gasteiger partial charge in [0, 0.05) is 24.2 Å². The van der Waals surface area contributed by atoms with E-state index in [1.807, 2.05) is 12.3 Å². The van der Waals surface area contributed by atoms with E-state index < -0.39 is 0 Å². The van der Waals surface area contributed by atoms with Gasteiger partial charge >= 0.3 is 0 Å². The van der Waals surface area contributed by atoms with Gasteiger partial charge in [-0.05, 0) is 60.0 Å². The molecule has 1 N–H and O–H groups in total. The Hall–Kier alpha value is -1.07. The molecule has 3 nitrogen and oxygen atoms in total. The number of aromatic nitrogens is 1. The number of thiophene rings is 1. The molecule has 1 unspecified atom stereocenters. The van der Waals surface area contributed by atoms with Gasteiger partial charge < -0.3 is 10.2 Å². The molecule has 1 fully saturated rings. The van der Waals surface area contributed by atoms with Crippen LogP contribution < -0.4 is 10.2 Å². The topological polar surface area (TPSA) is 28.2 Å². The van der Waals surface area contributed by atoms with Gasteiger partial charge in [-0.3, -0.25) is 0 Å². The molecule has 20 heavy (non-hydrogen) atoms. The van der Waals surface area contributed by atoms with Gasteiger partial charge in [0.1, 0.15) is 0 Å². The van der Waals surface area contributed by atoms with E-state index in [4.69, 9.17) is 0 Å². The van der Waals surface area contributed by atoms with Gasteiger partial charge in [-0.2, -0.15) is 0 Å². The average Bonchev–Trinajstić information content (AvgIpc) is 3.10. The molecule has 2 aromatic rings. The van der Waals surface area contributed by atoms with Crippen molar-refractivity contribution >= 4 is 38.8 Å². The fraction of sp³-hybridized carbons (Fsp3) is 0.400. The molecule has 3 heterocycles. The minimum absolute atomic E-state index is 0.289. The molecule has 1 aliphatic heterocycles. The number of hydrogen-bond acceptors (Lipinski definition) is 4. The van der Waals surface area contributed by atoms with E-state index in [1.54, 1.807) is 11.3 Å². The Balaban J connectivity index is 1.79. The zero-order valence-electron chi connectivity index (χ0n) is 11.5. The summed E-state index contributed by atoms with van der Waals surface area (Å²) in [6.07, 6.45) is 4.41. The highest BCUT2D eigenvalue weighted by atomic mass is 79.9. The predicted molar refractivity (Wildman–Crippen MR) is 89.7 cm³/mol. The van der Waals surface area contributed by atoms with Crippen LogP contribution in [0.1, 0.15) is 30.7 Å². The van der Waals surface area contributed by atoms with Crippen LogP contribution >= 0.6 is 27.3 Å². The predicted octanol–water partition coefficient (Wildman–Crippen LogP) is 4.68. The lowest BCUT2D eigenvalue weighted by atomic mass is 10.2. The molecule has 5 heteroatoms. The number of nitrogens with one attached hydrogen (secondary N) is 1. The number of anilines is 2. The quantitative estimate of drug-likeness (QED) is 0.866. The third-order valence-electron chi connectivity index (χ3n) is 3.59. The third-order valence-corrected chi connectivity index (χ3v) is 5.39. The van der Waals surface area contributed by atoms with Crippen molar-refractivity contribution in [3.63, 3.8) is 0 Å². The minimum atomic E-state index is 0.289. The van der Waals surface area contributed by atoms with Crippen LogP contribution in [0.3, 0.4) is 0 Å². The van der Waals surface area contributed by atoms with Crippen LogP contribution in [0, 0.1) is 0 Å². The molecule has 1 aliphatic rings. The number of nitrogens with zero attached hydrogens (tertiary/aromatic N) is 2. The van der Waals surface area contributed by atoms with E-state index in [-0.39, 0.29) is 6.04 Å². The summed E-state index contributed by atoms with van der Waals surface area (Å²) in [6.45, 7) is 4.42. The first-order valence-electron chi connectivity index (χ1n) is 6.96. The molecule has 106 valence electrons. The Bertz CT molecular complexity index is 578. The fourth-order valence-corrected chi connectivity index (χ4v) is 3.98. The minimum Gasteiger partial charge on any atom is -0.375 e. The molecule has 1 atom stereocenters. The van der Waals surface area contributed by atoms with Gasteiger partial charge in [0.25, 0.3) is 0 Å². The molecular weight excluding hydrogens is 334 g/mol. The first kappa shape index (κ1) is 13.9. The number of halogens is 1. The Kier molecular flexibility index (Phi) is 4.27. The second-order valence-corrected chi connectivity index (χ2v) is 7.57. The number of hydrogen-bond donors (Lipinski definition) is 1. The van der Waals surface area contributed by atoms with Gasteiger partial charge in [0.2, 0.25) is 0 Å². The first-order valence-corrected chi connectivity index (χ1v) is 8.57. The molecule has 0 aliphatic carbocycles. The smallest absolute Gasteiger partial charge is 0.151 e. The van der Waals surface area contributed by atoms with Crippen molar-refractivity contribution in [2.45, 2.75) is 25.8 Å². The van der Waals surface area contributed by atoms with E-state index in [9.17, 15) is 0 Å². The van der Waals surface area contributed by atoms with Crippen LogP contribution in [0.25, 0.3) is 0 Å². The maximum absolute atomic E-state index is 4.57. The van der Waals surface area contributed by atoms with Crippen molar-refractivity contribution in [3.8, 4) is 0 Å². The second-order valence-electron chi connectivity index (χ2n) is 5.08. The third kappa shape index (κ3) is 2.99. The van der Waals surface area contributed by atoms with Crippen molar-refractivity contribution in [1.82, 2.24) is 4.98 Å². The summed E-state index contributed by atoms with van der Waals surface area (Å²) in [5.74, 6) is 1.09. The second kappa shape index (κ2) is 6.14. The molecule has 0 amide bonds. The van der Waals surface area contributed by atoms with Crippen LogP contribution in [0.5, 0.6) is 0 Å². The van der Waals surface area contributed by atoms with Crippen LogP contribution in [-0.2, 0) is 0 Å². The van der Waals surface area contributed by atoms with Gasteiger partial charge in [0.05, 0.1) is 15.5 Å². The number of rotatable bonds is 4. The summed E-state index contributed by atoms with van der Waals surface area (Å²) in [6, 6.07) is 8.68. The van der Waals surface area contributed by atoms with Crippen molar-refractivity contribution in [2.75, 3.05) is 23.3 Å².